The Morgan fingerprint density at radius 1 is 1.47 bits per heavy atom. The Balaban J connectivity index is 2.28. The maximum atomic E-state index is 11.6. The predicted molar refractivity (Wildman–Crippen MR) is 65.8 cm³/mol. The summed E-state index contributed by atoms with van der Waals surface area (Å²) in [6, 6.07) is 3.49. The number of anilines is 1. The highest BCUT2D eigenvalue weighted by molar-refractivity contribution is 7.91. The Bertz CT molecular complexity index is 513. The van der Waals surface area contributed by atoms with Gasteiger partial charge in [0.05, 0.1) is 24.3 Å². The molecule has 2 N–H and O–H groups in total. The molecule has 1 atom stereocenters. The second kappa shape index (κ2) is 4.52. The Labute approximate surface area is 101 Å². The van der Waals surface area contributed by atoms with Gasteiger partial charge in [-0.25, -0.2) is 13.4 Å². The number of hydrogen-bond acceptors (Lipinski definition) is 5. The maximum absolute atomic E-state index is 11.6. The van der Waals surface area contributed by atoms with Gasteiger partial charge in [-0.2, -0.15) is 0 Å². The minimum atomic E-state index is -2.92. The maximum Gasteiger partial charge on any atom is 0.237 e. The number of ether oxygens (including phenoxy) is 1. The monoisotopic (exact) mass is 256 g/mol. The SMILES string of the molecule is COc1nc(C2CCCS(=O)(=O)C2)ccc1N. The molecule has 1 unspecified atom stereocenters. The second-order valence-electron chi connectivity index (χ2n) is 4.29. The smallest absolute Gasteiger partial charge is 0.237 e. The van der Waals surface area contributed by atoms with Gasteiger partial charge < -0.3 is 10.5 Å². The third-order valence-electron chi connectivity index (χ3n) is 2.99. The quantitative estimate of drug-likeness (QED) is 0.852. The average molecular weight is 256 g/mol. The van der Waals surface area contributed by atoms with Crippen LogP contribution in [0.4, 0.5) is 5.69 Å². The van der Waals surface area contributed by atoms with Crippen molar-refractivity contribution in [1.82, 2.24) is 4.98 Å². The molecule has 0 bridgehead atoms. The average Bonchev–Trinajstić information content (AvgIpc) is 2.28. The van der Waals surface area contributed by atoms with E-state index in [1.165, 1.54) is 7.11 Å². The van der Waals surface area contributed by atoms with Crippen molar-refractivity contribution < 1.29 is 13.2 Å². The number of sulfone groups is 1. The fourth-order valence-corrected chi connectivity index (χ4v) is 3.84. The minimum Gasteiger partial charge on any atom is -0.480 e. The molecule has 0 amide bonds. The van der Waals surface area contributed by atoms with Gasteiger partial charge in [0, 0.05) is 11.6 Å². The molecule has 1 aromatic heterocycles. The van der Waals surface area contributed by atoms with Crippen molar-refractivity contribution in [1.29, 1.82) is 0 Å². The first-order chi connectivity index (χ1) is 8.02. The van der Waals surface area contributed by atoms with Crippen LogP contribution in [0.5, 0.6) is 5.88 Å². The highest BCUT2D eigenvalue weighted by Gasteiger charge is 2.27. The molecule has 1 aliphatic heterocycles. The number of nitrogens with two attached hydrogens (primary N) is 1. The molecule has 0 radical (unpaired) electrons. The molecular weight excluding hydrogens is 240 g/mol. The van der Waals surface area contributed by atoms with Crippen molar-refractivity contribution in [2.45, 2.75) is 18.8 Å². The van der Waals surface area contributed by atoms with Crippen LogP contribution in [-0.4, -0.2) is 32.0 Å². The third-order valence-corrected chi connectivity index (χ3v) is 4.81. The van der Waals surface area contributed by atoms with E-state index in [0.717, 1.165) is 12.1 Å². The van der Waals surface area contributed by atoms with Gasteiger partial charge in [0.25, 0.3) is 0 Å². The third kappa shape index (κ3) is 2.69. The summed E-state index contributed by atoms with van der Waals surface area (Å²) in [4.78, 5) is 4.27. The number of methoxy groups -OCH3 is 1. The molecule has 1 fully saturated rings. The van der Waals surface area contributed by atoms with E-state index in [9.17, 15) is 8.42 Å². The Hall–Kier alpha value is -1.30. The molecule has 1 aliphatic rings. The lowest BCUT2D eigenvalue weighted by Gasteiger charge is -2.21. The van der Waals surface area contributed by atoms with Crippen LogP contribution in [0.15, 0.2) is 12.1 Å². The zero-order valence-corrected chi connectivity index (χ0v) is 10.5. The first-order valence-corrected chi connectivity index (χ1v) is 7.35. The van der Waals surface area contributed by atoms with E-state index in [1.54, 1.807) is 12.1 Å². The summed E-state index contributed by atoms with van der Waals surface area (Å²) in [6.45, 7) is 0. The Kier molecular flexibility index (Phi) is 3.24. The van der Waals surface area contributed by atoms with Gasteiger partial charge in [0.15, 0.2) is 9.84 Å². The van der Waals surface area contributed by atoms with Crippen molar-refractivity contribution in [3.05, 3.63) is 17.8 Å². The summed E-state index contributed by atoms with van der Waals surface area (Å²) in [5, 5.41) is 0. The van der Waals surface area contributed by atoms with E-state index < -0.39 is 9.84 Å². The summed E-state index contributed by atoms with van der Waals surface area (Å²) < 4.78 is 28.2. The minimum absolute atomic E-state index is 0.0387. The number of rotatable bonds is 2. The van der Waals surface area contributed by atoms with Gasteiger partial charge >= 0.3 is 0 Å². The van der Waals surface area contributed by atoms with Crippen molar-refractivity contribution in [3.8, 4) is 5.88 Å². The largest absolute Gasteiger partial charge is 0.480 e. The molecule has 0 aliphatic carbocycles. The molecule has 2 heterocycles. The molecular formula is C11H16N2O3S. The Morgan fingerprint density at radius 3 is 2.88 bits per heavy atom. The highest BCUT2D eigenvalue weighted by Crippen LogP contribution is 2.29. The zero-order valence-electron chi connectivity index (χ0n) is 9.72. The fraction of sp³-hybridized carbons (Fsp3) is 0.545. The van der Waals surface area contributed by atoms with Gasteiger partial charge in [-0.1, -0.05) is 0 Å². The molecule has 0 saturated carbocycles. The van der Waals surface area contributed by atoms with E-state index in [-0.39, 0.29) is 17.4 Å². The fourth-order valence-electron chi connectivity index (χ4n) is 2.11. The molecule has 6 heteroatoms. The van der Waals surface area contributed by atoms with E-state index in [1.807, 2.05) is 0 Å². The van der Waals surface area contributed by atoms with Gasteiger partial charge in [-0.05, 0) is 25.0 Å². The predicted octanol–water partition coefficient (Wildman–Crippen LogP) is 0.965. The summed E-state index contributed by atoms with van der Waals surface area (Å²) in [5.74, 6) is 0.789. The molecule has 17 heavy (non-hydrogen) atoms. The summed E-state index contributed by atoms with van der Waals surface area (Å²) in [6.07, 6.45) is 1.54. The highest BCUT2D eigenvalue weighted by atomic mass is 32.2. The normalized spacial score (nSPS) is 23.2. The lowest BCUT2D eigenvalue weighted by molar-refractivity contribution is 0.397. The Morgan fingerprint density at radius 2 is 2.24 bits per heavy atom. The first kappa shape index (κ1) is 12.2. The molecule has 1 aromatic rings. The van der Waals surface area contributed by atoms with Crippen LogP contribution in [0.3, 0.4) is 0 Å². The topological polar surface area (TPSA) is 82.3 Å². The number of nitrogen functional groups attached to an aromatic ring is 1. The molecule has 2 rings (SSSR count). The molecule has 0 spiro atoms. The molecule has 94 valence electrons. The first-order valence-electron chi connectivity index (χ1n) is 5.52. The van der Waals surface area contributed by atoms with E-state index in [4.69, 9.17) is 10.5 Å². The van der Waals surface area contributed by atoms with Gasteiger partial charge in [0.2, 0.25) is 5.88 Å². The van der Waals surface area contributed by atoms with Crippen molar-refractivity contribution in [3.63, 3.8) is 0 Å². The van der Waals surface area contributed by atoms with Gasteiger partial charge in [0.1, 0.15) is 0 Å². The second-order valence-corrected chi connectivity index (χ2v) is 6.52. The van der Waals surface area contributed by atoms with E-state index in [0.29, 0.717) is 18.0 Å². The molecule has 0 aromatic carbocycles. The summed E-state index contributed by atoms with van der Waals surface area (Å²) >= 11 is 0. The van der Waals surface area contributed by atoms with Crippen molar-refractivity contribution in [2.24, 2.45) is 0 Å². The molecule has 1 saturated heterocycles. The van der Waals surface area contributed by atoms with Crippen molar-refractivity contribution >= 4 is 15.5 Å². The van der Waals surface area contributed by atoms with Crippen LogP contribution in [0.25, 0.3) is 0 Å². The zero-order chi connectivity index (χ0) is 12.5. The lowest BCUT2D eigenvalue weighted by Crippen LogP contribution is -2.24. The van der Waals surface area contributed by atoms with Crippen LogP contribution >= 0.6 is 0 Å². The van der Waals surface area contributed by atoms with Crippen molar-refractivity contribution in [2.75, 3.05) is 24.3 Å². The van der Waals surface area contributed by atoms with Crippen LogP contribution in [-0.2, 0) is 9.84 Å². The summed E-state index contributed by atoms with van der Waals surface area (Å²) in [5.41, 5.74) is 6.89. The molecule has 5 nitrogen and oxygen atoms in total. The van der Waals surface area contributed by atoms with Crippen LogP contribution in [0.1, 0.15) is 24.5 Å². The number of nitrogens with zero attached hydrogens (tertiary/aromatic N) is 1. The van der Waals surface area contributed by atoms with E-state index >= 15 is 0 Å². The summed E-state index contributed by atoms with van der Waals surface area (Å²) in [7, 11) is -1.42. The standard InChI is InChI=1S/C11H16N2O3S/c1-16-11-9(12)4-5-10(13-11)8-3-2-6-17(14,15)7-8/h4-5,8H,2-3,6-7,12H2,1H3. The number of pyridine rings is 1. The van der Waals surface area contributed by atoms with E-state index in [2.05, 4.69) is 4.98 Å². The van der Waals surface area contributed by atoms with Crippen LogP contribution < -0.4 is 10.5 Å². The lowest BCUT2D eigenvalue weighted by atomic mass is 10.0. The van der Waals surface area contributed by atoms with Crippen LogP contribution in [0.2, 0.25) is 0 Å². The van der Waals surface area contributed by atoms with Crippen LogP contribution in [0, 0.1) is 0 Å². The number of aromatic nitrogens is 1. The van der Waals surface area contributed by atoms with Gasteiger partial charge in [-0.3, -0.25) is 0 Å². The van der Waals surface area contributed by atoms with Gasteiger partial charge in [-0.15, -0.1) is 0 Å². The number of hydrogen-bond donors (Lipinski definition) is 1.